The number of para-hydroxylation sites is 1. The van der Waals surface area contributed by atoms with Gasteiger partial charge >= 0.3 is 0 Å². The van der Waals surface area contributed by atoms with Crippen LogP contribution in [-0.2, 0) is 6.42 Å². The second-order valence-electron chi connectivity index (χ2n) is 2.85. The number of aryl methyl sites for hydroxylation is 1. The van der Waals surface area contributed by atoms with E-state index in [0.29, 0.717) is 12.3 Å². The van der Waals surface area contributed by atoms with E-state index in [2.05, 4.69) is 0 Å². The van der Waals surface area contributed by atoms with E-state index in [1.165, 1.54) is 0 Å². The van der Waals surface area contributed by atoms with Gasteiger partial charge in [0.2, 0.25) is 0 Å². The summed E-state index contributed by atoms with van der Waals surface area (Å²) in [7, 11) is 0. The summed E-state index contributed by atoms with van der Waals surface area (Å²) in [6.07, 6.45) is 4.51. The lowest BCUT2D eigenvalue weighted by atomic mass is 10.1. The first-order valence-electron chi connectivity index (χ1n) is 4.47. The van der Waals surface area contributed by atoms with Crippen molar-refractivity contribution in [3.8, 4) is 5.75 Å². The second-order valence-corrected chi connectivity index (χ2v) is 2.85. The fraction of sp³-hybridized carbons (Fsp3) is 0.273. The topological polar surface area (TPSA) is 46.2 Å². The van der Waals surface area contributed by atoms with Crippen LogP contribution in [0.2, 0.25) is 0 Å². The van der Waals surface area contributed by atoms with Gasteiger partial charge in [-0.25, -0.2) is 0 Å². The first-order chi connectivity index (χ1) is 6.29. The van der Waals surface area contributed by atoms with Crippen molar-refractivity contribution >= 4 is 6.08 Å². The van der Waals surface area contributed by atoms with Crippen LogP contribution < -0.4 is 5.73 Å². The Labute approximate surface area is 78.7 Å². The van der Waals surface area contributed by atoms with Gasteiger partial charge in [0.25, 0.3) is 0 Å². The minimum atomic E-state index is 0.370. The predicted molar refractivity (Wildman–Crippen MR) is 55.6 cm³/mol. The number of phenols is 1. The van der Waals surface area contributed by atoms with Gasteiger partial charge in [-0.2, -0.15) is 0 Å². The highest BCUT2D eigenvalue weighted by atomic mass is 16.3. The third-order valence-electron chi connectivity index (χ3n) is 1.97. The SMILES string of the molecule is CCc1cccc(/C=C/CN)c1O. The molecule has 0 spiro atoms. The van der Waals surface area contributed by atoms with Gasteiger partial charge in [-0.3, -0.25) is 0 Å². The van der Waals surface area contributed by atoms with E-state index in [1.807, 2.05) is 37.3 Å². The molecule has 0 aliphatic heterocycles. The molecule has 13 heavy (non-hydrogen) atoms. The summed E-state index contributed by atoms with van der Waals surface area (Å²) in [5, 5.41) is 9.72. The van der Waals surface area contributed by atoms with E-state index >= 15 is 0 Å². The fourth-order valence-electron chi connectivity index (χ4n) is 1.23. The molecule has 0 atom stereocenters. The summed E-state index contributed by atoms with van der Waals surface area (Å²) in [6, 6.07) is 5.74. The number of rotatable bonds is 3. The fourth-order valence-corrected chi connectivity index (χ4v) is 1.23. The van der Waals surface area contributed by atoms with Crippen LogP contribution in [0.1, 0.15) is 18.1 Å². The van der Waals surface area contributed by atoms with Gasteiger partial charge in [0.1, 0.15) is 5.75 Å². The van der Waals surface area contributed by atoms with Crippen LogP contribution in [0.3, 0.4) is 0 Å². The van der Waals surface area contributed by atoms with Gasteiger partial charge in [0.15, 0.2) is 0 Å². The second kappa shape index (κ2) is 4.67. The summed E-state index contributed by atoms with van der Waals surface area (Å²) in [4.78, 5) is 0. The van der Waals surface area contributed by atoms with Crippen LogP contribution in [0.25, 0.3) is 6.08 Å². The lowest BCUT2D eigenvalue weighted by Gasteiger charge is -2.04. The minimum absolute atomic E-state index is 0.370. The van der Waals surface area contributed by atoms with Crippen LogP contribution in [0.5, 0.6) is 5.75 Å². The number of benzene rings is 1. The Kier molecular flexibility index (Phi) is 3.53. The maximum Gasteiger partial charge on any atom is 0.125 e. The zero-order valence-electron chi connectivity index (χ0n) is 7.83. The molecule has 0 fully saturated rings. The molecule has 0 aliphatic carbocycles. The van der Waals surface area contributed by atoms with E-state index in [4.69, 9.17) is 5.73 Å². The lowest BCUT2D eigenvalue weighted by Crippen LogP contribution is -1.92. The molecule has 2 heteroatoms. The number of phenolic OH excluding ortho intramolecular Hbond substituents is 1. The molecule has 0 saturated heterocycles. The van der Waals surface area contributed by atoms with Gasteiger partial charge in [-0.05, 0) is 12.0 Å². The minimum Gasteiger partial charge on any atom is -0.507 e. The van der Waals surface area contributed by atoms with Crippen molar-refractivity contribution in [1.82, 2.24) is 0 Å². The Morgan fingerprint density at radius 3 is 2.85 bits per heavy atom. The standard InChI is InChI=1S/C11H15NO/c1-2-9-5-3-6-10(11(9)13)7-4-8-12/h3-7,13H,2,8,12H2,1H3/b7-4+. The quantitative estimate of drug-likeness (QED) is 0.741. The molecule has 0 aromatic heterocycles. The highest BCUT2D eigenvalue weighted by molar-refractivity contribution is 5.59. The summed E-state index contributed by atoms with van der Waals surface area (Å²) in [6.45, 7) is 2.52. The molecule has 1 aromatic rings. The normalized spacial score (nSPS) is 10.9. The maximum atomic E-state index is 9.72. The Morgan fingerprint density at radius 1 is 1.46 bits per heavy atom. The zero-order chi connectivity index (χ0) is 9.68. The first kappa shape index (κ1) is 9.81. The predicted octanol–water partition coefficient (Wildman–Crippen LogP) is 1.93. The average molecular weight is 177 g/mol. The van der Waals surface area contributed by atoms with E-state index in [0.717, 1.165) is 17.5 Å². The highest BCUT2D eigenvalue weighted by Gasteiger charge is 2.01. The summed E-state index contributed by atoms with van der Waals surface area (Å²) >= 11 is 0. The average Bonchev–Trinajstić information content (AvgIpc) is 2.16. The van der Waals surface area contributed by atoms with Crippen molar-refractivity contribution in [3.63, 3.8) is 0 Å². The van der Waals surface area contributed by atoms with Crippen LogP contribution >= 0.6 is 0 Å². The van der Waals surface area contributed by atoms with E-state index < -0.39 is 0 Å². The third kappa shape index (κ3) is 2.33. The molecule has 0 radical (unpaired) electrons. The Bertz CT molecular complexity index is 305. The van der Waals surface area contributed by atoms with Crippen LogP contribution in [0.15, 0.2) is 24.3 Å². The van der Waals surface area contributed by atoms with Crippen molar-refractivity contribution in [1.29, 1.82) is 0 Å². The Hall–Kier alpha value is -1.28. The Balaban J connectivity index is 3.01. The van der Waals surface area contributed by atoms with Crippen molar-refractivity contribution in [2.45, 2.75) is 13.3 Å². The molecule has 1 aromatic carbocycles. The first-order valence-corrected chi connectivity index (χ1v) is 4.47. The molecule has 0 heterocycles. The summed E-state index contributed by atoms with van der Waals surface area (Å²) in [5.74, 6) is 0.370. The van der Waals surface area contributed by atoms with Gasteiger partial charge in [0.05, 0.1) is 0 Å². The van der Waals surface area contributed by atoms with E-state index in [1.54, 1.807) is 0 Å². The smallest absolute Gasteiger partial charge is 0.125 e. The van der Waals surface area contributed by atoms with Crippen LogP contribution in [0, 0.1) is 0 Å². The number of hydrogen-bond donors (Lipinski definition) is 2. The van der Waals surface area contributed by atoms with Gasteiger partial charge < -0.3 is 10.8 Å². The third-order valence-corrected chi connectivity index (χ3v) is 1.97. The van der Waals surface area contributed by atoms with E-state index in [-0.39, 0.29) is 0 Å². The molecule has 1 rings (SSSR count). The van der Waals surface area contributed by atoms with Crippen molar-refractivity contribution < 1.29 is 5.11 Å². The van der Waals surface area contributed by atoms with Gasteiger partial charge in [-0.1, -0.05) is 37.3 Å². The number of nitrogens with two attached hydrogens (primary N) is 1. The molecule has 0 aliphatic rings. The molecular formula is C11H15NO. The molecule has 2 nitrogen and oxygen atoms in total. The van der Waals surface area contributed by atoms with Crippen molar-refractivity contribution in [3.05, 3.63) is 35.4 Å². The molecule has 0 saturated carbocycles. The molecule has 3 N–H and O–H groups in total. The maximum absolute atomic E-state index is 9.72. The van der Waals surface area contributed by atoms with Crippen LogP contribution in [-0.4, -0.2) is 11.7 Å². The largest absolute Gasteiger partial charge is 0.507 e. The van der Waals surface area contributed by atoms with Crippen molar-refractivity contribution in [2.24, 2.45) is 5.73 Å². The molecule has 70 valence electrons. The van der Waals surface area contributed by atoms with Gasteiger partial charge in [0, 0.05) is 12.1 Å². The molecular weight excluding hydrogens is 162 g/mol. The highest BCUT2D eigenvalue weighted by Crippen LogP contribution is 2.23. The zero-order valence-corrected chi connectivity index (χ0v) is 7.83. The monoisotopic (exact) mass is 177 g/mol. The summed E-state index contributed by atoms with van der Waals surface area (Å²) < 4.78 is 0. The van der Waals surface area contributed by atoms with Crippen LogP contribution in [0.4, 0.5) is 0 Å². The van der Waals surface area contributed by atoms with E-state index in [9.17, 15) is 5.11 Å². The van der Waals surface area contributed by atoms with Gasteiger partial charge in [-0.15, -0.1) is 0 Å². The Morgan fingerprint density at radius 2 is 2.23 bits per heavy atom. The lowest BCUT2D eigenvalue weighted by molar-refractivity contribution is 0.467. The van der Waals surface area contributed by atoms with Crippen molar-refractivity contribution in [2.75, 3.05) is 6.54 Å². The molecule has 0 bridgehead atoms. The summed E-state index contributed by atoms with van der Waals surface area (Å²) in [5.41, 5.74) is 7.14. The molecule has 0 unspecified atom stereocenters. The molecule has 0 amide bonds. The number of hydrogen-bond acceptors (Lipinski definition) is 2. The number of aromatic hydroxyl groups is 1.